The van der Waals surface area contributed by atoms with E-state index in [4.69, 9.17) is 9.47 Å². The standard InChI is InChI=1S/C13H28N2O2/c1-5-14-12(10-16-6-2)13-9-15(11(3)4)7-8-17-13/h11-14H,5-10H2,1-4H3. The summed E-state index contributed by atoms with van der Waals surface area (Å²) in [6, 6.07) is 0.900. The van der Waals surface area contributed by atoms with Crippen molar-refractivity contribution in [2.45, 2.75) is 45.9 Å². The Bertz CT molecular complexity index is 200. The van der Waals surface area contributed by atoms with E-state index in [0.717, 1.165) is 39.5 Å². The van der Waals surface area contributed by atoms with Crippen LogP contribution in [0.5, 0.6) is 0 Å². The largest absolute Gasteiger partial charge is 0.380 e. The molecule has 1 heterocycles. The molecule has 1 saturated heterocycles. The Morgan fingerprint density at radius 1 is 1.41 bits per heavy atom. The highest BCUT2D eigenvalue weighted by Crippen LogP contribution is 2.12. The van der Waals surface area contributed by atoms with Gasteiger partial charge in [0.2, 0.25) is 0 Å². The summed E-state index contributed by atoms with van der Waals surface area (Å²) in [6.45, 7) is 14.0. The topological polar surface area (TPSA) is 33.7 Å². The van der Waals surface area contributed by atoms with Crippen LogP contribution in [0.2, 0.25) is 0 Å². The number of ether oxygens (including phenoxy) is 2. The first-order valence-electron chi connectivity index (χ1n) is 6.85. The Hall–Kier alpha value is -0.160. The molecule has 1 fully saturated rings. The summed E-state index contributed by atoms with van der Waals surface area (Å²) in [6.07, 6.45) is 0.248. The molecule has 1 N–H and O–H groups in total. The Labute approximate surface area is 106 Å². The fraction of sp³-hybridized carbons (Fsp3) is 1.00. The maximum Gasteiger partial charge on any atom is 0.0877 e. The molecule has 17 heavy (non-hydrogen) atoms. The number of hydrogen-bond acceptors (Lipinski definition) is 4. The zero-order valence-corrected chi connectivity index (χ0v) is 11.7. The van der Waals surface area contributed by atoms with Crippen LogP contribution >= 0.6 is 0 Å². The lowest BCUT2D eigenvalue weighted by Crippen LogP contribution is -2.55. The average molecular weight is 244 g/mol. The van der Waals surface area contributed by atoms with Crippen molar-refractivity contribution in [3.05, 3.63) is 0 Å². The van der Waals surface area contributed by atoms with E-state index in [1.165, 1.54) is 0 Å². The highest BCUT2D eigenvalue weighted by atomic mass is 16.5. The zero-order valence-electron chi connectivity index (χ0n) is 11.7. The van der Waals surface area contributed by atoms with E-state index < -0.39 is 0 Å². The molecule has 1 aliphatic rings. The maximum atomic E-state index is 5.89. The first-order valence-corrected chi connectivity index (χ1v) is 6.85. The smallest absolute Gasteiger partial charge is 0.0877 e. The summed E-state index contributed by atoms with van der Waals surface area (Å²) in [4.78, 5) is 2.48. The van der Waals surface area contributed by atoms with Crippen molar-refractivity contribution in [3.8, 4) is 0 Å². The number of likely N-dealkylation sites (N-methyl/N-ethyl adjacent to an activating group) is 1. The van der Waals surface area contributed by atoms with Crippen LogP contribution in [0.15, 0.2) is 0 Å². The Balaban J connectivity index is 2.47. The predicted octanol–water partition coefficient (Wildman–Crippen LogP) is 1.11. The molecule has 4 nitrogen and oxygen atoms in total. The Kier molecular flexibility index (Phi) is 7.04. The van der Waals surface area contributed by atoms with Gasteiger partial charge < -0.3 is 14.8 Å². The molecule has 0 aromatic carbocycles. The van der Waals surface area contributed by atoms with Gasteiger partial charge in [-0.05, 0) is 27.3 Å². The second-order valence-electron chi connectivity index (χ2n) is 4.82. The van der Waals surface area contributed by atoms with Crippen molar-refractivity contribution < 1.29 is 9.47 Å². The molecule has 0 amide bonds. The second kappa shape index (κ2) is 8.03. The number of morpholine rings is 1. The van der Waals surface area contributed by atoms with Gasteiger partial charge in [0.1, 0.15) is 0 Å². The van der Waals surface area contributed by atoms with E-state index in [9.17, 15) is 0 Å². The SMILES string of the molecule is CCNC(COCC)C1CN(C(C)C)CCO1. The first-order chi connectivity index (χ1) is 8.19. The van der Waals surface area contributed by atoms with Crippen LogP contribution in [0.3, 0.4) is 0 Å². The molecule has 0 bridgehead atoms. The monoisotopic (exact) mass is 244 g/mol. The van der Waals surface area contributed by atoms with Gasteiger partial charge in [0, 0.05) is 25.7 Å². The van der Waals surface area contributed by atoms with Gasteiger partial charge in [0.05, 0.1) is 25.4 Å². The van der Waals surface area contributed by atoms with Crippen molar-refractivity contribution in [3.63, 3.8) is 0 Å². The van der Waals surface area contributed by atoms with Gasteiger partial charge in [-0.2, -0.15) is 0 Å². The van der Waals surface area contributed by atoms with E-state index in [0.29, 0.717) is 12.1 Å². The zero-order chi connectivity index (χ0) is 12.7. The summed E-state index contributed by atoms with van der Waals surface area (Å²) in [5.41, 5.74) is 0. The van der Waals surface area contributed by atoms with Crippen LogP contribution in [0.1, 0.15) is 27.7 Å². The summed E-state index contributed by atoms with van der Waals surface area (Å²) >= 11 is 0. The Morgan fingerprint density at radius 3 is 2.76 bits per heavy atom. The van der Waals surface area contributed by atoms with Crippen LogP contribution < -0.4 is 5.32 Å². The van der Waals surface area contributed by atoms with Crippen LogP contribution in [0.25, 0.3) is 0 Å². The molecule has 4 heteroatoms. The quantitative estimate of drug-likeness (QED) is 0.727. The van der Waals surface area contributed by atoms with Crippen molar-refractivity contribution in [1.29, 1.82) is 0 Å². The molecular weight excluding hydrogens is 216 g/mol. The molecule has 2 atom stereocenters. The van der Waals surface area contributed by atoms with Crippen LogP contribution in [0, 0.1) is 0 Å². The lowest BCUT2D eigenvalue weighted by Gasteiger charge is -2.39. The number of nitrogens with zero attached hydrogens (tertiary/aromatic N) is 1. The lowest BCUT2D eigenvalue weighted by molar-refractivity contribution is -0.0680. The molecule has 1 aliphatic heterocycles. The summed E-state index contributed by atoms with van der Waals surface area (Å²) in [5.74, 6) is 0. The lowest BCUT2D eigenvalue weighted by atomic mass is 10.1. The van der Waals surface area contributed by atoms with Gasteiger partial charge >= 0.3 is 0 Å². The minimum atomic E-state index is 0.248. The summed E-state index contributed by atoms with van der Waals surface area (Å²) < 4.78 is 11.4. The van der Waals surface area contributed by atoms with E-state index in [2.05, 4.69) is 31.0 Å². The van der Waals surface area contributed by atoms with Gasteiger partial charge in [-0.25, -0.2) is 0 Å². The van der Waals surface area contributed by atoms with Crippen LogP contribution in [-0.2, 0) is 9.47 Å². The predicted molar refractivity (Wildman–Crippen MR) is 70.4 cm³/mol. The molecule has 0 aromatic rings. The van der Waals surface area contributed by atoms with E-state index >= 15 is 0 Å². The summed E-state index contributed by atoms with van der Waals surface area (Å²) in [5, 5.41) is 3.47. The highest BCUT2D eigenvalue weighted by Gasteiger charge is 2.28. The van der Waals surface area contributed by atoms with Crippen LogP contribution in [0.4, 0.5) is 0 Å². The molecule has 0 aliphatic carbocycles. The van der Waals surface area contributed by atoms with Gasteiger partial charge in [-0.15, -0.1) is 0 Å². The van der Waals surface area contributed by atoms with E-state index in [1.54, 1.807) is 0 Å². The second-order valence-corrected chi connectivity index (χ2v) is 4.82. The molecule has 0 spiro atoms. The summed E-state index contributed by atoms with van der Waals surface area (Å²) in [7, 11) is 0. The van der Waals surface area contributed by atoms with Crippen molar-refractivity contribution in [2.75, 3.05) is 39.5 Å². The van der Waals surface area contributed by atoms with Gasteiger partial charge in [-0.3, -0.25) is 4.90 Å². The van der Waals surface area contributed by atoms with E-state index in [-0.39, 0.29) is 6.10 Å². The number of hydrogen-bond donors (Lipinski definition) is 1. The van der Waals surface area contributed by atoms with Gasteiger partial charge in [0.15, 0.2) is 0 Å². The third-order valence-electron chi connectivity index (χ3n) is 3.27. The molecule has 1 rings (SSSR count). The Morgan fingerprint density at radius 2 is 2.18 bits per heavy atom. The van der Waals surface area contributed by atoms with Crippen molar-refractivity contribution in [2.24, 2.45) is 0 Å². The normalized spacial score (nSPS) is 24.2. The van der Waals surface area contributed by atoms with Crippen LogP contribution in [-0.4, -0.2) is 62.5 Å². The molecule has 0 aromatic heterocycles. The average Bonchev–Trinajstić information content (AvgIpc) is 2.34. The number of rotatable bonds is 7. The molecule has 0 radical (unpaired) electrons. The molecule has 2 unspecified atom stereocenters. The fourth-order valence-corrected chi connectivity index (χ4v) is 2.21. The molecule has 0 saturated carbocycles. The van der Waals surface area contributed by atoms with Crippen molar-refractivity contribution in [1.82, 2.24) is 10.2 Å². The maximum absolute atomic E-state index is 5.89. The first kappa shape index (κ1) is 14.9. The third-order valence-corrected chi connectivity index (χ3v) is 3.27. The van der Waals surface area contributed by atoms with Gasteiger partial charge in [0.25, 0.3) is 0 Å². The highest BCUT2D eigenvalue weighted by molar-refractivity contribution is 4.83. The minimum absolute atomic E-state index is 0.248. The molecular formula is C13H28N2O2. The minimum Gasteiger partial charge on any atom is -0.380 e. The number of nitrogens with one attached hydrogen (secondary N) is 1. The van der Waals surface area contributed by atoms with Gasteiger partial charge in [-0.1, -0.05) is 6.92 Å². The van der Waals surface area contributed by atoms with Crippen molar-refractivity contribution >= 4 is 0 Å². The third kappa shape index (κ3) is 4.92. The fourth-order valence-electron chi connectivity index (χ4n) is 2.21. The molecule has 102 valence electrons. The van der Waals surface area contributed by atoms with E-state index in [1.807, 2.05) is 6.92 Å².